The highest BCUT2D eigenvalue weighted by Crippen LogP contribution is 2.29. The molecule has 1 amide bonds. The van der Waals surface area contributed by atoms with E-state index < -0.39 is 0 Å². The van der Waals surface area contributed by atoms with Crippen LogP contribution in [0.5, 0.6) is 0 Å². The number of aryl methyl sites for hydroxylation is 1. The zero-order valence-corrected chi connectivity index (χ0v) is 11.7. The molecule has 1 fully saturated rings. The summed E-state index contributed by atoms with van der Waals surface area (Å²) in [7, 11) is 0. The van der Waals surface area contributed by atoms with Crippen LogP contribution < -0.4 is 10.2 Å². The Bertz CT molecular complexity index is 497. The maximum absolute atomic E-state index is 13.3. The van der Waals surface area contributed by atoms with Gasteiger partial charge >= 0.3 is 0 Å². The second kappa shape index (κ2) is 5.92. The van der Waals surface area contributed by atoms with Crippen molar-refractivity contribution in [3.63, 3.8) is 0 Å². The summed E-state index contributed by atoms with van der Waals surface area (Å²) >= 11 is 0. The number of hydrogen-bond acceptors (Lipinski definition) is 2. The molecule has 1 N–H and O–H groups in total. The molecule has 0 spiro atoms. The fourth-order valence-corrected chi connectivity index (χ4v) is 3.26. The minimum absolute atomic E-state index is 0.174. The first-order valence-electron chi connectivity index (χ1n) is 7.53. The molecular weight excluding hydrogens is 255 g/mol. The third-order valence-corrected chi connectivity index (χ3v) is 4.40. The first-order chi connectivity index (χ1) is 9.74. The van der Waals surface area contributed by atoms with Gasteiger partial charge in [-0.25, -0.2) is 4.39 Å². The van der Waals surface area contributed by atoms with E-state index in [9.17, 15) is 9.18 Å². The number of nitrogens with one attached hydrogen (secondary N) is 1. The van der Waals surface area contributed by atoms with Crippen LogP contribution >= 0.6 is 0 Å². The van der Waals surface area contributed by atoms with E-state index in [0.29, 0.717) is 18.8 Å². The van der Waals surface area contributed by atoms with Crippen LogP contribution in [0.3, 0.4) is 0 Å². The monoisotopic (exact) mass is 276 g/mol. The molecule has 4 heteroatoms. The zero-order chi connectivity index (χ0) is 13.9. The maximum atomic E-state index is 13.3. The van der Waals surface area contributed by atoms with Gasteiger partial charge in [0.25, 0.3) is 0 Å². The number of carbonyl (C=O) groups is 1. The lowest BCUT2D eigenvalue weighted by Gasteiger charge is -2.31. The van der Waals surface area contributed by atoms with Crippen LogP contribution in [0.4, 0.5) is 10.1 Å². The number of hydrogen-bond donors (Lipinski definition) is 1. The van der Waals surface area contributed by atoms with Crippen molar-refractivity contribution in [1.82, 2.24) is 5.32 Å². The Hall–Kier alpha value is -1.42. The van der Waals surface area contributed by atoms with Crippen molar-refractivity contribution >= 4 is 11.6 Å². The van der Waals surface area contributed by atoms with Gasteiger partial charge in [-0.1, -0.05) is 0 Å². The quantitative estimate of drug-likeness (QED) is 0.920. The number of amides is 1. The number of anilines is 1. The molecule has 20 heavy (non-hydrogen) atoms. The van der Waals surface area contributed by atoms with Crippen molar-refractivity contribution in [2.24, 2.45) is 5.92 Å². The van der Waals surface area contributed by atoms with E-state index in [-0.39, 0.29) is 11.7 Å². The van der Waals surface area contributed by atoms with Gasteiger partial charge < -0.3 is 10.2 Å². The van der Waals surface area contributed by atoms with Gasteiger partial charge in [0.05, 0.1) is 0 Å². The number of halogens is 1. The Morgan fingerprint density at radius 3 is 3.05 bits per heavy atom. The van der Waals surface area contributed by atoms with Crippen LogP contribution in [0.1, 0.15) is 31.2 Å². The fourth-order valence-electron chi connectivity index (χ4n) is 3.26. The van der Waals surface area contributed by atoms with Crippen LogP contribution in [0.25, 0.3) is 0 Å². The second-order valence-electron chi connectivity index (χ2n) is 5.82. The topological polar surface area (TPSA) is 32.3 Å². The van der Waals surface area contributed by atoms with Crippen molar-refractivity contribution in [1.29, 1.82) is 0 Å². The highest BCUT2D eigenvalue weighted by molar-refractivity contribution is 5.96. The molecule has 2 aliphatic heterocycles. The van der Waals surface area contributed by atoms with E-state index in [1.165, 1.54) is 18.9 Å². The van der Waals surface area contributed by atoms with E-state index in [2.05, 4.69) is 5.32 Å². The molecule has 3 rings (SSSR count). The average molecular weight is 276 g/mol. The Balaban J connectivity index is 1.70. The Morgan fingerprint density at radius 1 is 1.35 bits per heavy atom. The van der Waals surface area contributed by atoms with Gasteiger partial charge in [-0.15, -0.1) is 0 Å². The Labute approximate surface area is 119 Å². The first-order valence-corrected chi connectivity index (χ1v) is 7.53. The molecule has 1 aromatic rings. The number of carbonyl (C=O) groups excluding carboxylic acids is 1. The number of fused-ring (bicyclic) bond motifs is 1. The van der Waals surface area contributed by atoms with Gasteiger partial charge in [-0.05, 0) is 68.5 Å². The first kappa shape index (κ1) is 13.6. The summed E-state index contributed by atoms with van der Waals surface area (Å²) in [5.41, 5.74) is 1.87. The number of rotatable bonds is 3. The SMILES string of the molecule is O=C1CCc2cc(F)ccc2N1CCC1CCCNC1. The molecule has 2 heterocycles. The predicted molar refractivity (Wildman–Crippen MR) is 77.3 cm³/mol. The maximum Gasteiger partial charge on any atom is 0.227 e. The van der Waals surface area contributed by atoms with Crippen LogP contribution in [0.15, 0.2) is 18.2 Å². The van der Waals surface area contributed by atoms with E-state index >= 15 is 0 Å². The molecule has 1 saturated heterocycles. The molecule has 3 nitrogen and oxygen atoms in total. The molecule has 0 aromatic heterocycles. The zero-order valence-electron chi connectivity index (χ0n) is 11.7. The molecule has 108 valence electrons. The van der Waals surface area contributed by atoms with E-state index in [0.717, 1.165) is 37.3 Å². The summed E-state index contributed by atoms with van der Waals surface area (Å²) in [6.07, 6.45) is 4.65. The largest absolute Gasteiger partial charge is 0.316 e. The predicted octanol–water partition coefficient (Wildman–Crippen LogP) is 2.49. The van der Waals surface area contributed by atoms with E-state index in [1.807, 2.05) is 4.90 Å². The van der Waals surface area contributed by atoms with Crippen molar-refractivity contribution in [2.45, 2.75) is 32.1 Å². The van der Waals surface area contributed by atoms with Crippen LogP contribution in [-0.4, -0.2) is 25.5 Å². The highest BCUT2D eigenvalue weighted by atomic mass is 19.1. The molecule has 2 aliphatic rings. The number of nitrogens with zero attached hydrogens (tertiary/aromatic N) is 1. The normalized spacial score (nSPS) is 22.8. The summed E-state index contributed by atoms with van der Waals surface area (Å²) < 4.78 is 13.3. The summed E-state index contributed by atoms with van der Waals surface area (Å²) in [6.45, 7) is 2.92. The second-order valence-corrected chi connectivity index (χ2v) is 5.82. The fraction of sp³-hybridized carbons (Fsp3) is 0.562. The highest BCUT2D eigenvalue weighted by Gasteiger charge is 2.25. The van der Waals surface area contributed by atoms with Gasteiger partial charge in [0, 0.05) is 18.7 Å². The molecule has 0 aliphatic carbocycles. The number of benzene rings is 1. The van der Waals surface area contributed by atoms with Crippen molar-refractivity contribution in [3.8, 4) is 0 Å². The Morgan fingerprint density at radius 2 is 2.25 bits per heavy atom. The van der Waals surface area contributed by atoms with E-state index in [1.54, 1.807) is 12.1 Å². The van der Waals surface area contributed by atoms with Crippen LogP contribution in [0, 0.1) is 11.7 Å². The summed E-state index contributed by atoms with van der Waals surface area (Å²) in [4.78, 5) is 14.0. The van der Waals surface area contributed by atoms with Crippen LogP contribution in [0.2, 0.25) is 0 Å². The molecule has 0 radical (unpaired) electrons. The molecule has 0 saturated carbocycles. The Kier molecular flexibility index (Phi) is 4.01. The van der Waals surface area contributed by atoms with Gasteiger partial charge in [-0.2, -0.15) is 0 Å². The third-order valence-electron chi connectivity index (χ3n) is 4.40. The van der Waals surface area contributed by atoms with E-state index in [4.69, 9.17) is 0 Å². The molecule has 1 atom stereocenters. The lowest BCUT2D eigenvalue weighted by molar-refractivity contribution is -0.118. The molecular formula is C16H21FN2O. The lowest BCUT2D eigenvalue weighted by atomic mass is 9.94. The summed E-state index contributed by atoms with van der Waals surface area (Å²) in [6, 6.07) is 4.77. The molecule has 0 bridgehead atoms. The summed E-state index contributed by atoms with van der Waals surface area (Å²) in [5, 5.41) is 3.41. The van der Waals surface area contributed by atoms with Gasteiger partial charge in [-0.3, -0.25) is 4.79 Å². The average Bonchev–Trinajstić information content (AvgIpc) is 2.47. The van der Waals surface area contributed by atoms with Crippen LogP contribution in [-0.2, 0) is 11.2 Å². The third kappa shape index (κ3) is 2.85. The smallest absolute Gasteiger partial charge is 0.227 e. The van der Waals surface area contributed by atoms with Crippen molar-refractivity contribution in [3.05, 3.63) is 29.6 Å². The minimum Gasteiger partial charge on any atom is -0.316 e. The van der Waals surface area contributed by atoms with Crippen molar-refractivity contribution < 1.29 is 9.18 Å². The molecule has 1 unspecified atom stereocenters. The minimum atomic E-state index is -0.213. The number of piperidine rings is 1. The van der Waals surface area contributed by atoms with Crippen molar-refractivity contribution in [2.75, 3.05) is 24.5 Å². The van der Waals surface area contributed by atoms with Gasteiger partial charge in [0.2, 0.25) is 5.91 Å². The van der Waals surface area contributed by atoms with Gasteiger partial charge in [0.1, 0.15) is 5.82 Å². The molecule has 1 aromatic carbocycles. The lowest BCUT2D eigenvalue weighted by Crippen LogP contribution is -2.38. The van der Waals surface area contributed by atoms with Gasteiger partial charge in [0.15, 0.2) is 0 Å². The summed E-state index contributed by atoms with van der Waals surface area (Å²) in [5.74, 6) is 0.616. The standard InChI is InChI=1S/C16H21FN2O/c17-14-4-5-15-13(10-14)3-6-16(20)19(15)9-7-12-2-1-8-18-11-12/h4-5,10,12,18H,1-3,6-9,11H2.